The van der Waals surface area contributed by atoms with Crippen LogP contribution in [0.5, 0.6) is 0 Å². The van der Waals surface area contributed by atoms with Gasteiger partial charge in [-0.25, -0.2) is 14.2 Å². The fraction of sp³-hybridized carbons (Fsp3) is 0.125. The van der Waals surface area contributed by atoms with Crippen molar-refractivity contribution in [1.29, 1.82) is 0 Å². The van der Waals surface area contributed by atoms with E-state index in [2.05, 4.69) is 10.3 Å². The van der Waals surface area contributed by atoms with E-state index in [4.69, 9.17) is 10.8 Å². The van der Waals surface area contributed by atoms with Gasteiger partial charge in [-0.1, -0.05) is 0 Å². The van der Waals surface area contributed by atoms with Gasteiger partial charge in [0.05, 0.1) is 6.54 Å². The molecule has 0 atom stereocenters. The zero-order valence-corrected chi connectivity index (χ0v) is 7.53. The van der Waals surface area contributed by atoms with Crippen molar-refractivity contribution in [3.05, 3.63) is 23.6 Å². The molecule has 0 fully saturated rings. The number of nitrogens with zero attached hydrogens (tertiary/aromatic N) is 1. The Hall–Kier alpha value is -2.18. The molecule has 0 aliphatic rings. The molecule has 0 unspecified atom stereocenters. The van der Waals surface area contributed by atoms with Gasteiger partial charge in [-0.05, 0) is 6.07 Å². The normalized spacial score (nSPS) is 9.67. The molecule has 1 amide bonds. The first kappa shape index (κ1) is 10.9. The third-order valence-corrected chi connectivity index (χ3v) is 1.55. The molecule has 0 saturated carbocycles. The number of carbonyl (C=O) groups is 2. The van der Waals surface area contributed by atoms with Crippen LogP contribution in [0, 0.1) is 5.82 Å². The van der Waals surface area contributed by atoms with Crippen LogP contribution in [0.2, 0.25) is 0 Å². The van der Waals surface area contributed by atoms with Gasteiger partial charge in [-0.3, -0.25) is 4.79 Å². The molecule has 1 heterocycles. The van der Waals surface area contributed by atoms with Crippen molar-refractivity contribution in [2.45, 2.75) is 0 Å². The van der Waals surface area contributed by atoms with Crippen LogP contribution >= 0.6 is 0 Å². The van der Waals surface area contributed by atoms with E-state index in [0.29, 0.717) is 0 Å². The van der Waals surface area contributed by atoms with E-state index in [1.54, 1.807) is 0 Å². The number of carboxylic acid groups (broad SMARTS) is 1. The fourth-order valence-corrected chi connectivity index (χ4v) is 0.903. The number of hydrogen-bond donors (Lipinski definition) is 3. The average Bonchev–Trinajstić information content (AvgIpc) is 2.15. The molecule has 1 aromatic rings. The number of halogens is 1. The first-order valence-corrected chi connectivity index (χ1v) is 3.92. The monoisotopic (exact) mass is 213 g/mol. The van der Waals surface area contributed by atoms with Crippen LogP contribution in [-0.2, 0) is 4.79 Å². The lowest BCUT2D eigenvalue weighted by Crippen LogP contribution is -2.23. The summed E-state index contributed by atoms with van der Waals surface area (Å²) in [6.45, 7) is -0.313. The summed E-state index contributed by atoms with van der Waals surface area (Å²) in [5, 5.41) is 10.9. The van der Waals surface area contributed by atoms with E-state index >= 15 is 0 Å². The number of carbonyl (C=O) groups excluding carboxylic acids is 1. The summed E-state index contributed by atoms with van der Waals surface area (Å²) in [7, 11) is 0. The second-order valence-electron chi connectivity index (χ2n) is 2.65. The highest BCUT2D eigenvalue weighted by molar-refractivity contribution is 5.89. The standard InChI is InChI=1S/C8H8FN3O3/c9-6-4(8(14)15)1-2-11-7(6)12-3-5(10)13/h1-2H,3H2,(H2,10,13)(H,11,12)(H,14,15). The predicted octanol–water partition coefficient (Wildman–Crippen LogP) is -0.184. The number of aromatic carboxylic acids is 1. The van der Waals surface area contributed by atoms with Crippen LogP contribution in [0.15, 0.2) is 12.3 Å². The van der Waals surface area contributed by atoms with Crippen molar-refractivity contribution >= 4 is 17.7 Å². The quantitative estimate of drug-likeness (QED) is 0.643. The maximum Gasteiger partial charge on any atom is 0.338 e. The molecule has 0 radical (unpaired) electrons. The first-order chi connectivity index (χ1) is 7.02. The van der Waals surface area contributed by atoms with E-state index in [1.807, 2.05) is 0 Å². The summed E-state index contributed by atoms with van der Waals surface area (Å²) >= 11 is 0. The minimum Gasteiger partial charge on any atom is -0.478 e. The number of carboxylic acids is 1. The Labute approximate surface area is 83.9 Å². The number of pyridine rings is 1. The van der Waals surface area contributed by atoms with Gasteiger partial charge in [0, 0.05) is 6.20 Å². The van der Waals surface area contributed by atoms with Crippen molar-refractivity contribution in [1.82, 2.24) is 4.98 Å². The van der Waals surface area contributed by atoms with Gasteiger partial charge in [0.1, 0.15) is 5.56 Å². The summed E-state index contributed by atoms with van der Waals surface area (Å²) in [5.41, 5.74) is 4.30. The van der Waals surface area contributed by atoms with Crippen LogP contribution in [0.1, 0.15) is 10.4 Å². The maximum absolute atomic E-state index is 13.3. The maximum atomic E-state index is 13.3. The zero-order valence-electron chi connectivity index (χ0n) is 7.53. The number of amides is 1. The number of rotatable bonds is 4. The molecule has 0 saturated heterocycles. The highest BCUT2D eigenvalue weighted by Crippen LogP contribution is 2.14. The van der Waals surface area contributed by atoms with Crippen molar-refractivity contribution < 1.29 is 19.1 Å². The molecule has 6 nitrogen and oxygen atoms in total. The smallest absolute Gasteiger partial charge is 0.338 e. The second kappa shape index (κ2) is 4.36. The van der Waals surface area contributed by atoms with Crippen LogP contribution in [-0.4, -0.2) is 28.5 Å². The lowest BCUT2D eigenvalue weighted by Gasteiger charge is -2.05. The topological polar surface area (TPSA) is 105 Å². The van der Waals surface area contributed by atoms with Crippen LogP contribution in [0.4, 0.5) is 10.2 Å². The number of nitrogens with two attached hydrogens (primary N) is 1. The van der Waals surface area contributed by atoms with E-state index in [-0.39, 0.29) is 12.4 Å². The Kier molecular flexibility index (Phi) is 3.17. The van der Waals surface area contributed by atoms with Gasteiger partial charge in [0.15, 0.2) is 11.6 Å². The summed E-state index contributed by atoms with van der Waals surface area (Å²) < 4.78 is 13.3. The Bertz CT molecular complexity index is 408. The van der Waals surface area contributed by atoms with Gasteiger partial charge >= 0.3 is 5.97 Å². The minimum atomic E-state index is -1.41. The van der Waals surface area contributed by atoms with Crippen LogP contribution in [0.25, 0.3) is 0 Å². The highest BCUT2D eigenvalue weighted by atomic mass is 19.1. The average molecular weight is 213 g/mol. The number of hydrogen-bond acceptors (Lipinski definition) is 4. The van der Waals surface area contributed by atoms with Crippen molar-refractivity contribution in [2.75, 3.05) is 11.9 Å². The molecule has 0 spiro atoms. The predicted molar refractivity (Wildman–Crippen MR) is 48.8 cm³/mol. The number of aromatic nitrogens is 1. The Balaban J connectivity index is 2.94. The van der Waals surface area contributed by atoms with E-state index in [1.165, 1.54) is 0 Å². The first-order valence-electron chi connectivity index (χ1n) is 3.92. The molecule has 0 aromatic carbocycles. The molecule has 0 aliphatic heterocycles. The van der Waals surface area contributed by atoms with E-state index in [0.717, 1.165) is 12.3 Å². The molecule has 4 N–H and O–H groups in total. The Morgan fingerprint density at radius 2 is 2.27 bits per heavy atom. The molecule has 15 heavy (non-hydrogen) atoms. The second-order valence-corrected chi connectivity index (χ2v) is 2.65. The SMILES string of the molecule is NC(=O)CNc1nccc(C(=O)O)c1F. The van der Waals surface area contributed by atoms with Crippen molar-refractivity contribution in [3.63, 3.8) is 0 Å². The molecule has 80 valence electrons. The molecular weight excluding hydrogens is 205 g/mol. The van der Waals surface area contributed by atoms with E-state index in [9.17, 15) is 14.0 Å². The molecule has 0 bridgehead atoms. The highest BCUT2D eigenvalue weighted by Gasteiger charge is 2.14. The minimum absolute atomic E-state index is 0.311. The van der Waals surface area contributed by atoms with E-state index < -0.39 is 23.3 Å². The van der Waals surface area contributed by atoms with Crippen molar-refractivity contribution in [3.8, 4) is 0 Å². The Morgan fingerprint density at radius 1 is 1.60 bits per heavy atom. The molecule has 1 aromatic heterocycles. The summed E-state index contributed by atoms with van der Waals surface area (Å²) in [4.78, 5) is 24.5. The third-order valence-electron chi connectivity index (χ3n) is 1.55. The van der Waals surface area contributed by atoms with Crippen LogP contribution in [0.3, 0.4) is 0 Å². The summed E-state index contributed by atoms with van der Waals surface area (Å²) in [6, 6.07) is 1.02. The van der Waals surface area contributed by atoms with Gasteiger partial charge < -0.3 is 16.2 Å². The lowest BCUT2D eigenvalue weighted by atomic mass is 10.2. The van der Waals surface area contributed by atoms with Crippen LogP contribution < -0.4 is 11.1 Å². The third kappa shape index (κ3) is 2.63. The molecular formula is C8H8FN3O3. The molecule has 1 rings (SSSR count). The van der Waals surface area contributed by atoms with Gasteiger partial charge in [-0.2, -0.15) is 0 Å². The summed E-state index contributed by atoms with van der Waals surface area (Å²) in [5.74, 6) is -3.44. The zero-order chi connectivity index (χ0) is 11.4. The Morgan fingerprint density at radius 3 is 2.80 bits per heavy atom. The largest absolute Gasteiger partial charge is 0.478 e. The number of anilines is 1. The van der Waals surface area contributed by atoms with Gasteiger partial charge in [0.25, 0.3) is 0 Å². The van der Waals surface area contributed by atoms with Gasteiger partial charge in [0.2, 0.25) is 5.91 Å². The number of primary amides is 1. The number of nitrogens with one attached hydrogen (secondary N) is 1. The molecule has 0 aliphatic carbocycles. The fourth-order valence-electron chi connectivity index (χ4n) is 0.903. The summed E-state index contributed by atoms with van der Waals surface area (Å²) in [6.07, 6.45) is 1.12. The van der Waals surface area contributed by atoms with Crippen molar-refractivity contribution in [2.24, 2.45) is 5.73 Å². The molecule has 7 heteroatoms. The van der Waals surface area contributed by atoms with Gasteiger partial charge in [-0.15, -0.1) is 0 Å². The lowest BCUT2D eigenvalue weighted by molar-refractivity contribution is -0.116.